The van der Waals surface area contributed by atoms with E-state index >= 15 is 0 Å². The van der Waals surface area contributed by atoms with Gasteiger partial charge in [-0.1, -0.05) is 6.07 Å². The van der Waals surface area contributed by atoms with E-state index in [9.17, 15) is 9.90 Å². The third-order valence-corrected chi connectivity index (χ3v) is 4.18. The van der Waals surface area contributed by atoms with Crippen LogP contribution in [-0.2, 0) is 18.4 Å². The van der Waals surface area contributed by atoms with Crippen LogP contribution in [0.15, 0.2) is 72.1 Å². The first-order chi connectivity index (χ1) is 13.1. The van der Waals surface area contributed by atoms with Crippen molar-refractivity contribution in [1.82, 2.24) is 14.2 Å². The van der Waals surface area contributed by atoms with Gasteiger partial charge in [-0.15, -0.1) is 5.10 Å². The molecule has 0 spiro atoms. The van der Waals surface area contributed by atoms with Gasteiger partial charge in [0.2, 0.25) is 6.33 Å². The predicted octanol–water partition coefficient (Wildman–Crippen LogP) is 1.73. The monoisotopic (exact) mass is 363 g/mol. The predicted molar refractivity (Wildman–Crippen MR) is 101 cm³/mol. The summed E-state index contributed by atoms with van der Waals surface area (Å²) in [6, 6.07) is 5.69. The van der Waals surface area contributed by atoms with Crippen molar-refractivity contribution < 1.29 is 14.5 Å². The lowest BCUT2D eigenvalue weighted by atomic mass is 10.1. The number of hydrogen-bond acceptors (Lipinski definition) is 5. The second kappa shape index (κ2) is 6.91. The summed E-state index contributed by atoms with van der Waals surface area (Å²) in [5.74, 6) is 0.205. The number of aliphatic hydroxyl groups is 1. The van der Waals surface area contributed by atoms with Crippen LogP contribution in [0.25, 0.3) is 5.52 Å². The Kier molecular flexibility index (Phi) is 4.29. The average Bonchev–Trinajstić information content (AvgIpc) is 3.21. The van der Waals surface area contributed by atoms with Gasteiger partial charge in [0.15, 0.2) is 11.6 Å². The first kappa shape index (κ1) is 16.8. The third kappa shape index (κ3) is 3.50. The number of allylic oxidation sites excluding steroid dienone is 3. The van der Waals surface area contributed by atoms with Crippen LogP contribution in [0.3, 0.4) is 0 Å². The largest absolute Gasteiger partial charge is 0.506 e. The van der Waals surface area contributed by atoms with Crippen molar-refractivity contribution in [3.05, 3.63) is 67.1 Å². The molecule has 0 atom stereocenters. The van der Waals surface area contributed by atoms with Crippen LogP contribution in [-0.4, -0.2) is 37.3 Å². The average molecular weight is 363 g/mol. The van der Waals surface area contributed by atoms with Gasteiger partial charge in [-0.2, -0.15) is 0 Å². The van der Waals surface area contributed by atoms with Crippen molar-refractivity contribution in [1.29, 1.82) is 0 Å². The van der Waals surface area contributed by atoms with Gasteiger partial charge in [0.05, 0.1) is 19.1 Å². The van der Waals surface area contributed by atoms with Crippen LogP contribution in [0.4, 0.5) is 11.5 Å². The number of aryl methyl sites for hydroxylation is 1. The summed E-state index contributed by atoms with van der Waals surface area (Å²) < 4.78 is 5.78. The summed E-state index contributed by atoms with van der Waals surface area (Å²) in [5, 5.41) is 17.9. The Hall–Kier alpha value is -3.68. The molecule has 1 aliphatic rings. The quantitative estimate of drug-likeness (QED) is 0.534. The van der Waals surface area contributed by atoms with Gasteiger partial charge in [0.1, 0.15) is 36.1 Å². The molecule has 0 saturated heterocycles. The van der Waals surface area contributed by atoms with E-state index in [1.54, 1.807) is 4.52 Å². The maximum Gasteiger partial charge on any atom is 0.243 e. The van der Waals surface area contributed by atoms with Crippen LogP contribution in [0.1, 0.15) is 0 Å². The van der Waals surface area contributed by atoms with Crippen LogP contribution in [0.5, 0.6) is 0 Å². The second-order valence-corrected chi connectivity index (χ2v) is 6.23. The molecule has 0 bridgehead atoms. The zero-order valence-corrected chi connectivity index (χ0v) is 14.8. The number of imidazole rings is 1. The summed E-state index contributed by atoms with van der Waals surface area (Å²) in [7, 11) is 1.97. The van der Waals surface area contributed by atoms with Crippen molar-refractivity contribution in [2.75, 3.05) is 11.9 Å². The number of hydrogen-bond donors (Lipinski definition) is 2. The standard InChI is InChI=1S/C19H18N6O2/c1-23-10-11-24(13-23)9-7-20-19-18(16-4-2-3-8-25(16)22-19)21-15-6-5-14(26)12-17(15)27/h2-6,8,10-13H,7,9H2,1H3,(H-,20,22,26,27)/p+1. The molecule has 0 fully saturated rings. The lowest BCUT2D eigenvalue weighted by Gasteiger charge is -2.06. The molecule has 3 heterocycles. The molecule has 0 amide bonds. The van der Waals surface area contributed by atoms with Gasteiger partial charge in [-0.05, 0) is 24.3 Å². The minimum atomic E-state index is -0.260. The van der Waals surface area contributed by atoms with Gasteiger partial charge < -0.3 is 10.4 Å². The van der Waals surface area contributed by atoms with Gasteiger partial charge >= 0.3 is 0 Å². The van der Waals surface area contributed by atoms with Crippen molar-refractivity contribution in [3.8, 4) is 0 Å². The molecule has 8 heteroatoms. The molecular weight excluding hydrogens is 344 g/mol. The summed E-state index contributed by atoms with van der Waals surface area (Å²) in [5.41, 5.74) is 1.74. The van der Waals surface area contributed by atoms with Crippen molar-refractivity contribution in [2.24, 2.45) is 12.0 Å². The van der Waals surface area contributed by atoms with Gasteiger partial charge in [-0.3, -0.25) is 4.79 Å². The molecule has 1 aliphatic carbocycles. The number of nitrogens with zero attached hydrogens (tertiary/aromatic N) is 5. The van der Waals surface area contributed by atoms with Crippen molar-refractivity contribution >= 4 is 28.5 Å². The number of pyridine rings is 1. The fourth-order valence-corrected chi connectivity index (χ4v) is 2.87. The number of carbonyl (C=O) groups is 1. The highest BCUT2D eigenvalue weighted by atomic mass is 16.3. The first-order valence-corrected chi connectivity index (χ1v) is 8.54. The minimum Gasteiger partial charge on any atom is -0.506 e. The Balaban J connectivity index is 1.64. The summed E-state index contributed by atoms with van der Waals surface area (Å²) in [6.45, 7) is 1.43. The fraction of sp³-hybridized carbons (Fsp3) is 0.158. The second-order valence-electron chi connectivity index (χ2n) is 6.23. The summed E-state index contributed by atoms with van der Waals surface area (Å²) >= 11 is 0. The number of aliphatic imine (C=N–C) groups is 1. The number of aromatic nitrogens is 4. The van der Waals surface area contributed by atoms with E-state index in [0.717, 1.165) is 18.1 Å². The van der Waals surface area contributed by atoms with Gasteiger partial charge in [-0.25, -0.2) is 18.6 Å². The van der Waals surface area contributed by atoms with Crippen molar-refractivity contribution in [2.45, 2.75) is 6.54 Å². The SMILES string of the molecule is C[n+]1ccn(CCNc2nn3ccccc3c2N=C2C=CC(=O)C=C2O)c1. The van der Waals surface area contributed by atoms with E-state index in [-0.39, 0.29) is 11.5 Å². The number of nitrogens with one attached hydrogen (secondary N) is 1. The molecule has 0 aromatic carbocycles. The zero-order valence-electron chi connectivity index (χ0n) is 14.8. The first-order valence-electron chi connectivity index (χ1n) is 8.54. The number of rotatable bonds is 5. The van der Waals surface area contributed by atoms with E-state index in [0.29, 0.717) is 23.8 Å². The number of fused-ring (bicyclic) bond motifs is 1. The highest BCUT2D eigenvalue weighted by molar-refractivity contribution is 6.19. The van der Waals surface area contributed by atoms with Crippen LogP contribution < -0.4 is 9.88 Å². The molecule has 27 heavy (non-hydrogen) atoms. The van der Waals surface area contributed by atoms with E-state index in [2.05, 4.69) is 20.0 Å². The third-order valence-electron chi connectivity index (χ3n) is 4.18. The topological polar surface area (TPSA) is 87.8 Å². The lowest BCUT2D eigenvalue weighted by molar-refractivity contribution is -0.671. The Bertz CT molecular complexity index is 1100. The number of anilines is 1. The van der Waals surface area contributed by atoms with Crippen LogP contribution in [0, 0.1) is 0 Å². The molecule has 3 aromatic heterocycles. The molecule has 2 N–H and O–H groups in total. The van der Waals surface area contributed by atoms with E-state index < -0.39 is 0 Å². The van der Waals surface area contributed by atoms with Crippen molar-refractivity contribution in [3.63, 3.8) is 0 Å². The Morgan fingerprint density at radius 1 is 1.30 bits per heavy atom. The lowest BCUT2D eigenvalue weighted by Crippen LogP contribution is -2.24. The number of aliphatic hydroxyl groups excluding tert-OH is 1. The van der Waals surface area contributed by atoms with E-state index in [1.165, 1.54) is 12.2 Å². The maximum absolute atomic E-state index is 11.4. The molecular formula is C19H19N6O2+. The number of ketones is 1. The number of carbonyl (C=O) groups excluding carboxylic acids is 1. The smallest absolute Gasteiger partial charge is 0.243 e. The molecule has 3 aromatic rings. The minimum absolute atomic E-state index is 0.149. The van der Waals surface area contributed by atoms with Gasteiger partial charge in [0, 0.05) is 12.3 Å². The normalized spacial score (nSPS) is 15.5. The molecule has 136 valence electrons. The van der Waals surface area contributed by atoms with Crippen LogP contribution in [0.2, 0.25) is 0 Å². The zero-order chi connectivity index (χ0) is 18.8. The molecule has 4 rings (SSSR count). The Morgan fingerprint density at radius 2 is 2.19 bits per heavy atom. The maximum atomic E-state index is 11.4. The molecule has 0 saturated carbocycles. The highest BCUT2D eigenvalue weighted by Gasteiger charge is 2.16. The summed E-state index contributed by atoms with van der Waals surface area (Å²) in [4.78, 5) is 15.9. The molecule has 0 aliphatic heterocycles. The molecule has 0 radical (unpaired) electrons. The molecule has 8 nitrogen and oxygen atoms in total. The molecule has 0 unspecified atom stereocenters. The summed E-state index contributed by atoms with van der Waals surface area (Å²) in [6.07, 6.45) is 11.9. The fourth-order valence-electron chi connectivity index (χ4n) is 2.87. The van der Waals surface area contributed by atoms with Crippen LogP contribution >= 0.6 is 0 Å². The highest BCUT2D eigenvalue weighted by Crippen LogP contribution is 2.30. The Morgan fingerprint density at radius 3 is 2.96 bits per heavy atom. The van der Waals surface area contributed by atoms with E-state index in [4.69, 9.17) is 0 Å². The Labute approximate surface area is 155 Å². The van der Waals surface area contributed by atoms with E-state index in [1.807, 2.05) is 54.7 Å². The van der Waals surface area contributed by atoms with Gasteiger partial charge in [0.25, 0.3) is 0 Å².